The molecule has 1 unspecified atom stereocenters. The van der Waals surface area contributed by atoms with Crippen LogP contribution in [0.15, 0.2) is 29.2 Å². The maximum Gasteiger partial charge on any atom is 0.378 e. The third kappa shape index (κ3) is 17.7. The van der Waals surface area contributed by atoms with Crippen molar-refractivity contribution in [3.8, 4) is 5.75 Å². The molecule has 1 rings (SSSR count). The fourth-order valence-corrected chi connectivity index (χ4v) is 5.75. The summed E-state index contributed by atoms with van der Waals surface area (Å²) in [6.45, 7) is 2.58. The summed E-state index contributed by atoms with van der Waals surface area (Å²) < 4.78 is 44.6. The van der Waals surface area contributed by atoms with Crippen LogP contribution < -0.4 is 9.46 Å². The largest absolute Gasteiger partial charge is 0.476 e. The fourth-order valence-electron chi connectivity index (χ4n) is 3.71. The predicted molar refractivity (Wildman–Crippen MR) is 142 cm³/mol. The maximum atomic E-state index is 13.0. The molecule has 0 saturated carbocycles. The van der Waals surface area contributed by atoms with Crippen molar-refractivity contribution in [3.05, 3.63) is 24.3 Å². The van der Waals surface area contributed by atoms with Crippen LogP contribution in [0.2, 0.25) is 0 Å². The average molecular weight is 534 g/mol. The molecule has 2 N–H and O–H groups in total. The zero-order valence-corrected chi connectivity index (χ0v) is 22.8. The number of alkyl halides is 1. The summed E-state index contributed by atoms with van der Waals surface area (Å²) >= 11 is 1.45. The van der Waals surface area contributed by atoms with Crippen molar-refractivity contribution < 1.29 is 27.4 Å². The lowest BCUT2D eigenvalue weighted by Crippen LogP contribution is -2.28. The standard InChI is InChI=1S/C26H44FNO5S2/c1-2-3-4-5-6-7-8-9-10-11-12-13-14-15-22-35(31,32)28-20-21-34-24-18-16-23(17-19-24)33-25(27)26(29)30/h16-19,25,28H,2-15,20-22H2,1H3,(H,29,30). The van der Waals surface area contributed by atoms with Crippen molar-refractivity contribution >= 4 is 27.8 Å². The third-order valence-corrected chi connectivity index (χ3v) is 8.20. The molecule has 0 bridgehead atoms. The van der Waals surface area contributed by atoms with Gasteiger partial charge in [0.05, 0.1) is 5.75 Å². The number of nitrogens with one attached hydrogen (secondary N) is 1. The van der Waals surface area contributed by atoms with E-state index in [-0.39, 0.29) is 11.5 Å². The molecule has 9 heteroatoms. The van der Waals surface area contributed by atoms with Crippen molar-refractivity contribution in [1.82, 2.24) is 4.72 Å². The SMILES string of the molecule is CCCCCCCCCCCCCCCCS(=O)(=O)NCCSc1ccc(OC(F)C(=O)O)cc1. The molecule has 0 saturated heterocycles. The van der Waals surface area contributed by atoms with Gasteiger partial charge in [-0.05, 0) is 30.7 Å². The number of hydrogen-bond donors (Lipinski definition) is 2. The number of hydrogen-bond acceptors (Lipinski definition) is 5. The van der Waals surface area contributed by atoms with Crippen molar-refractivity contribution in [3.63, 3.8) is 0 Å². The third-order valence-electron chi connectivity index (χ3n) is 5.72. The summed E-state index contributed by atoms with van der Waals surface area (Å²) in [4.78, 5) is 11.3. The number of sulfonamides is 1. The summed E-state index contributed by atoms with van der Waals surface area (Å²) in [5.41, 5.74) is 0. The number of rotatable bonds is 23. The molecule has 202 valence electrons. The van der Waals surface area contributed by atoms with E-state index in [4.69, 9.17) is 5.11 Å². The van der Waals surface area contributed by atoms with E-state index in [1.807, 2.05) is 0 Å². The van der Waals surface area contributed by atoms with E-state index in [9.17, 15) is 17.6 Å². The minimum atomic E-state index is -3.26. The van der Waals surface area contributed by atoms with Crippen LogP contribution in [0.4, 0.5) is 4.39 Å². The topological polar surface area (TPSA) is 92.7 Å². The molecule has 0 aromatic heterocycles. The van der Waals surface area contributed by atoms with Crippen LogP contribution in [0.1, 0.15) is 96.8 Å². The number of benzene rings is 1. The molecular weight excluding hydrogens is 489 g/mol. The van der Waals surface area contributed by atoms with Crippen LogP contribution in [0.5, 0.6) is 5.75 Å². The Morgan fingerprint density at radius 1 is 0.914 bits per heavy atom. The molecule has 1 atom stereocenters. The second-order valence-electron chi connectivity index (χ2n) is 8.90. The highest BCUT2D eigenvalue weighted by Gasteiger charge is 2.17. The van der Waals surface area contributed by atoms with Gasteiger partial charge in [-0.15, -0.1) is 11.8 Å². The van der Waals surface area contributed by atoms with E-state index in [2.05, 4.69) is 16.4 Å². The minimum absolute atomic E-state index is 0.123. The summed E-state index contributed by atoms with van der Waals surface area (Å²) in [7, 11) is -3.26. The Hall–Kier alpha value is -1.32. The number of carboxylic acids is 1. The van der Waals surface area contributed by atoms with Crippen LogP contribution >= 0.6 is 11.8 Å². The predicted octanol–water partition coefficient (Wildman–Crippen LogP) is 6.94. The normalized spacial score (nSPS) is 12.5. The molecule has 0 radical (unpaired) electrons. The first-order valence-corrected chi connectivity index (χ1v) is 15.7. The Labute approximate surface area is 215 Å². The molecule has 1 aromatic rings. The minimum Gasteiger partial charge on any atom is -0.476 e. The van der Waals surface area contributed by atoms with Crippen molar-refractivity contribution in [1.29, 1.82) is 0 Å². The monoisotopic (exact) mass is 533 g/mol. The number of halogens is 1. The highest BCUT2D eigenvalue weighted by atomic mass is 32.2. The molecule has 35 heavy (non-hydrogen) atoms. The lowest BCUT2D eigenvalue weighted by molar-refractivity contribution is -0.153. The van der Waals surface area contributed by atoms with Gasteiger partial charge < -0.3 is 9.84 Å². The van der Waals surface area contributed by atoms with Gasteiger partial charge in [-0.3, -0.25) is 0 Å². The molecule has 0 aliphatic rings. The zero-order chi connectivity index (χ0) is 25.8. The van der Waals surface area contributed by atoms with E-state index >= 15 is 0 Å². The number of ether oxygens (including phenoxy) is 1. The van der Waals surface area contributed by atoms with E-state index in [0.29, 0.717) is 18.7 Å². The highest BCUT2D eigenvalue weighted by molar-refractivity contribution is 7.99. The fraction of sp³-hybridized carbons (Fsp3) is 0.731. The molecule has 0 heterocycles. The number of carbonyl (C=O) groups is 1. The molecule has 0 aliphatic heterocycles. The zero-order valence-electron chi connectivity index (χ0n) is 21.2. The molecular formula is C26H44FNO5S2. The summed E-state index contributed by atoms with van der Waals surface area (Å²) in [5, 5.41) is 8.51. The van der Waals surface area contributed by atoms with Gasteiger partial charge in [0.1, 0.15) is 5.75 Å². The van der Waals surface area contributed by atoms with E-state index in [1.165, 1.54) is 94.5 Å². The Bertz CT molecular complexity index is 774. The maximum absolute atomic E-state index is 13.0. The molecule has 6 nitrogen and oxygen atoms in total. The highest BCUT2D eigenvalue weighted by Crippen LogP contribution is 2.22. The second-order valence-corrected chi connectivity index (χ2v) is 12.0. The molecule has 0 amide bonds. The Morgan fingerprint density at radius 3 is 1.89 bits per heavy atom. The van der Waals surface area contributed by atoms with Crippen molar-refractivity contribution in [2.75, 3.05) is 18.1 Å². The van der Waals surface area contributed by atoms with Gasteiger partial charge in [0.15, 0.2) is 0 Å². The van der Waals surface area contributed by atoms with Crippen molar-refractivity contribution in [2.24, 2.45) is 0 Å². The molecule has 0 fully saturated rings. The summed E-state index contributed by atoms with van der Waals surface area (Å²) in [6.07, 6.45) is 14.9. The van der Waals surface area contributed by atoms with Gasteiger partial charge in [0.25, 0.3) is 0 Å². The Kier molecular flexibility index (Phi) is 18.0. The second kappa shape index (κ2) is 19.8. The van der Waals surface area contributed by atoms with Gasteiger partial charge in [0, 0.05) is 17.2 Å². The average Bonchev–Trinajstić information content (AvgIpc) is 2.83. The van der Waals surface area contributed by atoms with Gasteiger partial charge in [-0.1, -0.05) is 90.4 Å². The van der Waals surface area contributed by atoms with Gasteiger partial charge in [-0.2, -0.15) is 4.39 Å². The number of carboxylic acid groups (broad SMARTS) is 1. The number of aliphatic carboxylic acids is 1. The van der Waals surface area contributed by atoms with Crippen LogP contribution in [-0.4, -0.2) is 43.9 Å². The van der Waals surface area contributed by atoms with E-state index in [1.54, 1.807) is 12.1 Å². The quantitative estimate of drug-likeness (QED) is 0.117. The van der Waals surface area contributed by atoms with E-state index in [0.717, 1.165) is 17.7 Å². The number of thioether (sulfide) groups is 1. The van der Waals surface area contributed by atoms with Crippen LogP contribution in [-0.2, 0) is 14.8 Å². The molecule has 0 aliphatic carbocycles. The van der Waals surface area contributed by atoms with Gasteiger partial charge >= 0.3 is 12.3 Å². The lowest BCUT2D eigenvalue weighted by Gasteiger charge is -2.09. The van der Waals surface area contributed by atoms with Gasteiger partial charge in [0.2, 0.25) is 10.0 Å². The molecule has 1 aromatic carbocycles. The molecule has 0 spiro atoms. The Morgan fingerprint density at radius 2 is 1.40 bits per heavy atom. The number of unbranched alkanes of at least 4 members (excludes halogenated alkanes) is 13. The summed E-state index contributed by atoms with van der Waals surface area (Å²) in [6, 6.07) is 6.32. The van der Waals surface area contributed by atoms with Crippen molar-refractivity contribution in [2.45, 2.75) is 108 Å². The van der Waals surface area contributed by atoms with E-state index < -0.39 is 22.4 Å². The Balaban J connectivity index is 1.99. The lowest BCUT2D eigenvalue weighted by atomic mass is 10.0. The smallest absolute Gasteiger partial charge is 0.378 e. The first-order chi connectivity index (χ1) is 16.8. The van der Waals surface area contributed by atoms with Crippen LogP contribution in [0.3, 0.4) is 0 Å². The van der Waals surface area contributed by atoms with Crippen LogP contribution in [0, 0.1) is 0 Å². The first kappa shape index (κ1) is 31.7. The summed E-state index contributed by atoms with van der Waals surface area (Å²) in [5.74, 6) is -0.836. The van der Waals surface area contributed by atoms with Gasteiger partial charge in [-0.25, -0.2) is 17.9 Å². The first-order valence-electron chi connectivity index (χ1n) is 13.1. The van der Waals surface area contributed by atoms with Crippen LogP contribution in [0.25, 0.3) is 0 Å².